The Morgan fingerprint density at radius 2 is 2.12 bits per heavy atom. The molecular weight excluding hydrogens is 450 g/mol. The van der Waals surface area contributed by atoms with E-state index in [1.165, 1.54) is 38.6 Å². The van der Waals surface area contributed by atoms with Gasteiger partial charge in [-0.2, -0.15) is 0 Å². The van der Waals surface area contributed by atoms with Crippen LogP contribution in [0, 0.1) is 0 Å². The lowest BCUT2D eigenvalue weighted by Gasteiger charge is -2.32. The van der Waals surface area contributed by atoms with E-state index < -0.39 is 5.97 Å². The van der Waals surface area contributed by atoms with E-state index in [1.54, 1.807) is 29.2 Å². The van der Waals surface area contributed by atoms with Crippen LogP contribution < -0.4 is 10.1 Å². The first-order chi connectivity index (χ1) is 15.9. The van der Waals surface area contributed by atoms with E-state index in [9.17, 15) is 14.4 Å². The van der Waals surface area contributed by atoms with Gasteiger partial charge >= 0.3 is 5.97 Å². The minimum atomic E-state index is -0.507. The highest BCUT2D eigenvalue weighted by Gasteiger charge is 2.24. The third-order valence-electron chi connectivity index (χ3n) is 4.75. The van der Waals surface area contributed by atoms with Crippen LogP contribution in [0.1, 0.15) is 22.8 Å². The summed E-state index contributed by atoms with van der Waals surface area (Å²) in [6.45, 7) is 2.73. The number of hydrogen-bond donors (Lipinski definition) is 1. The molecule has 33 heavy (non-hydrogen) atoms. The van der Waals surface area contributed by atoms with Crippen LogP contribution in [-0.4, -0.2) is 67.2 Å². The Hall–Kier alpha value is -3.43. The molecule has 1 saturated heterocycles. The monoisotopic (exact) mass is 473 g/mol. The maximum atomic E-state index is 12.7. The quantitative estimate of drug-likeness (QED) is 0.486. The van der Waals surface area contributed by atoms with Crippen LogP contribution in [0.15, 0.2) is 42.7 Å². The lowest BCUT2D eigenvalue weighted by atomic mass is 10.1. The second-order valence-corrected chi connectivity index (χ2v) is 7.67. The molecule has 174 valence electrons. The highest BCUT2D eigenvalue weighted by atomic mass is 35.5. The van der Waals surface area contributed by atoms with Crippen LogP contribution in [0.3, 0.4) is 0 Å². The first-order valence-corrected chi connectivity index (χ1v) is 10.6. The number of carbonyl (C=O) groups excluding carboxylic acids is 3. The SMILES string of the molecule is COC(=O)c1cncc(OCC2CN(C(=O)/C=C/c3ccc(Cl)cc3NC(C)=O)CCO2)c1. The van der Waals surface area contributed by atoms with Gasteiger partial charge in [0.05, 0.1) is 32.0 Å². The summed E-state index contributed by atoms with van der Waals surface area (Å²) in [4.78, 5) is 41.4. The molecular formula is C23H24ClN3O6. The lowest BCUT2D eigenvalue weighted by Crippen LogP contribution is -2.47. The number of anilines is 1. The maximum absolute atomic E-state index is 12.7. The summed E-state index contributed by atoms with van der Waals surface area (Å²) < 4.78 is 16.1. The Labute approximate surface area is 196 Å². The molecule has 0 saturated carbocycles. The number of esters is 1. The van der Waals surface area contributed by atoms with Crippen molar-refractivity contribution >= 4 is 41.1 Å². The molecule has 0 spiro atoms. The van der Waals surface area contributed by atoms with Crippen LogP contribution in [0.2, 0.25) is 5.02 Å². The van der Waals surface area contributed by atoms with Crippen LogP contribution in [0.25, 0.3) is 6.08 Å². The van der Waals surface area contributed by atoms with Crippen molar-refractivity contribution in [2.24, 2.45) is 0 Å². The molecule has 1 aromatic carbocycles. The molecule has 1 aromatic heterocycles. The average Bonchev–Trinajstić information content (AvgIpc) is 2.81. The third-order valence-corrected chi connectivity index (χ3v) is 4.99. The van der Waals surface area contributed by atoms with E-state index in [-0.39, 0.29) is 30.1 Å². The molecule has 0 radical (unpaired) electrons. The Balaban J connectivity index is 1.59. The number of nitrogens with zero attached hydrogens (tertiary/aromatic N) is 2. The third kappa shape index (κ3) is 7.03. The maximum Gasteiger partial charge on any atom is 0.339 e. The normalized spacial score (nSPS) is 15.8. The van der Waals surface area contributed by atoms with E-state index in [0.29, 0.717) is 41.7 Å². The molecule has 1 aliphatic rings. The minimum Gasteiger partial charge on any atom is -0.489 e. The molecule has 1 unspecified atom stereocenters. The molecule has 2 aromatic rings. The summed E-state index contributed by atoms with van der Waals surface area (Å²) in [7, 11) is 1.29. The van der Waals surface area contributed by atoms with E-state index in [4.69, 9.17) is 21.1 Å². The first kappa shape index (κ1) is 24.2. The molecule has 10 heteroatoms. The van der Waals surface area contributed by atoms with Gasteiger partial charge in [-0.05, 0) is 29.8 Å². The van der Waals surface area contributed by atoms with Gasteiger partial charge in [-0.1, -0.05) is 17.7 Å². The number of nitrogens with one attached hydrogen (secondary N) is 1. The zero-order valence-corrected chi connectivity index (χ0v) is 19.0. The predicted molar refractivity (Wildman–Crippen MR) is 122 cm³/mol. The van der Waals surface area contributed by atoms with Crippen LogP contribution >= 0.6 is 11.6 Å². The van der Waals surface area contributed by atoms with Crippen molar-refractivity contribution in [1.29, 1.82) is 0 Å². The molecule has 9 nitrogen and oxygen atoms in total. The summed E-state index contributed by atoms with van der Waals surface area (Å²) >= 11 is 6.00. The molecule has 1 N–H and O–H groups in total. The second kappa shape index (κ2) is 11.4. The summed E-state index contributed by atoms with van der Waals surface area (Å²) in [5.74, 6) is -0.533. The number of methoxy groups -OCH3 is 1. The molecule has 1 fully saturated rings. The van der Waals surface area contributed by atoms with Crippen molar-refractivity contribution in [1.82, 2.24) is 9.88 Å². The van der Waals surface area contributed by atoms with Gasteiger partial charge in [-0.3, -0.25) is 14.6 Å². The average molecular weight is 474 g/mol. The van der Waals surface area contributed by atoms with Crippen molar-refractivity contribution in [3.63, 3.8) is 0 Å². The van der Waals surface area contributed by atoms with E-state index in [0.717, 1.165) is 0 Å². The zero-order valence-electron chi connectivity index (χ0n) is 18.2. The van der Waals surface area contributed by atoms with Crippen molar-refractivity contribution in [2.45, 2.75) is 13.0 Å². The number of carbonyl (C=O) groups is 3. The van der Waals surface area contributed by atoms with Gasteiger partial charge in [-0.25, -0.2) is 4.79 Å². The van der Waals surface area contributed by atoms with Crippen LogP contribution in [-0.2, 0) is 19.1 Å². The van der Waals surface area contributed by atoms with Crippen LogP contribution in [0.4, 0.5) is 5.69 Å². The van der Waals surface area contributed by atoms with Crippen molar-refractivity contribution in [3.8, 4) is 5.75 Å². The summed E-state index contributed by atoms with van der Waals surface area (Å²) in [6.07, 6.45) is 5.61. The highest BCUT2D eigenvalue weighted by Crippen LogP contribution is 2.22. The van der Waals surface area contributed by atoms with Gasteiger partial charge in [0.25, 0.3) is 0 Å². The number of rotatable bonds is 7. The van der Waals surface area contributed by atoms with Crippen molar-refractivity contribution in [3.05, 3.63) is 58.9 Å². The standard InChI is InChI=1S/C23H24ClN3O6/c1-15(28)26-21-10-18(24)5-3-16(21)4-6-22(29)27-7-8-32-20(13-27)14-33-19-9-17(11-25-12-19)23(30)31-2/h3-6,9-12,20H,7-8,13-14H2,1-2H3,(H,26,28)/b6-4+. The Morgan fingerprint density at radius 1 is 1.30 bits per heavy atom. The van der Waals surface area contributed by atoms with Crippen LogP contribution in [0.5, 0.6) is 5.75 Å². The zero-order chi connectivity index (χ0) is 23.8. The molecule has 2 heterocycles. The summed E-state index contributed by atoms with van der Waals surface area (Å²) in [5.41, 5.74) is 1.46. The van der Waals surface area contributed by atoms with E-state index in [2.05, 4.69) is 15.0 Å². The summed E-state index contributed by atoms with van der Waals surface area (Å²) in [6, 6.07) is 6.57. The largest absolute Gasteiger partial charge is 0.489 e. The van der Waals surface area contributed by atoms with Gasteiger partial charge in [0.1, 0.15) is 18.5 Å². The van der Waals surface area contributed by atoms with E-state index in [1.807, 2.05) is 0 Å². The Morgan fingerprint density at radius 3 is 2.88 bits per heavy atom. The number of ether oxygens (including phenoxy) is 3. The first-order valence-electron chi connectivity index (χ1n) is 10.2. The summed E-state index contributed by atoms with van der Waals surface area (Å²) in [5, 5.41) is 3.18. The number of amides is 2. The van der Waals surface area contributed by atoms with Crippen molar-refractivity contribution in [2.75, 3.05) is 38.7 Å². The molecule has 2 amide bonds. The topological polar surface area (TPSA) is 107 Å². The van der Waals surface area contributed by atoms with E-state index >= 15 is 0 Å². The number of morpholine rings is 1. The van der Waals surface area contributed by atoms with Gasteiger partial charge in [0.2, 0.25) is 11.8 Å². The van der Waals surface area contributed by atoms with Gasteiger partial charge in [0, 0.05) is 36.5 Å². The fourth-order valence-electron chi connectivity index (χ4n) is 3.17. The van der Waals surface area contributed by atoms with Crippen molar-refractivity contribution < 1.29 is 28.6 Å². The second-order valence-electron chi connectivity index (χ2n) is 7.24. The highest BCUT2D eigenvalue weighted by molar-refractivity contribution is 6.31. The fraction of sp³-hybridized carbons (Fsp3) is 0.304. The van der Waals surface area contributed by atoms with Gasteiger partial charge in [-0.15, -0.1) is 0 Å². The molecule has 0 aliphatic carbocycles. The number of aromatic nitrogens is 1. The molecule has 0 bridgehead atoms. The number of halogens is 1. The van der Waals surface area contributed by atoms with Gasteiger partial charge in [0.15, 0.2) is 0 Å². The number of pyridine rings is 1. The lowest BCUT2D eigenvalue weighted by molar-refractivity contribution is -0.134. The Kier molecular flexibility index (Phi) is 8.39. The number of benzene rings is 1. The molecule has 1 aliphatic heterocycles. The molecule has 3 rings (SSSR count). The fourth-order valence-corrected chi connectivity index (χ4v) is 3.35. The Bertz CT molecular complexity index is 1060. The minimum absolute atomic E-state index is 0.184. The predicted octanol–water partition coefficient (Wildman–Crippen LogP) is 2.80. The smallest absolute Gasteiger partial charge is 0.339 e. The van der Waals surface area contributed by atoms with Gasteiger partial charge < -0.3 is 24.4 Å². The molecule has 1 atom stereocenters. The number of hydrogen-bond acceptors (Lipinski definition) is 7.